The van der Waals surface area contributed by atoms with Crippen LogP contribution in [0.2, 0.25) is 0 Å². The fraction of sp³-hybridized carbons (Fsp3) is 0.538. The van der Waals surface area contributed by atoms with Crippen molar-refractivity contribution in [3.05, 3.63) is 35.8 Å². The van der Waals surface area contributed by atoms with Gasteiger partial charge in [0.2, 0.25) is 11.8 Å². The van der Waals surface area contributed by atoms with Gasteiger partial charge < -0.3 is 14.3 Å². The molecule has 2 aromatic heterocycles. The van der Waals surface area contributed by atoms with Gasteiger partial charge in [-0.05, 0) is 25.1 Å². The quantitative estimate of drug-likeness (QED) is 0.852. The lowest BCUT2D eigenvalue weighted by molar-refractivity contribution is 0.454. The molecule has 1 unspecified atom stereocenters. The Bertz CT molecular complexity index is 489. The Balaban J connectivity index is 2.05. The van der Waals surface area contributed by atoms with Gasteiger partial charge in [-0.1, -0.05) is 13.3 Å². The van der Waals surface area contributed by atoms with Crippen LogP contribution in [0.1, 0.15) is 43.2 Å². The number of rotatable bonds is 6. The summed E-state index contributed by atoms with van der Waals surface area (Å²) in [5, 5.41) is 11.2. The zero-order chi connectivity index (χ0) is 13.0. The average molecular weight is 248 g/mol. The molecule has 0 fully saturated rings. The van der Waals surface area contributed by atoms with Crippen molar-refractivity contribution >= 4 is 0 Å². The summed E-state index contributed by atoms with van der Waals surface area (Å²) in [4.78, 5) is 0. The monoisotopic (exact) mass is 248 g/mol. The molecule has 5 nitrogen and oxygen atoms in total. The number of aryl methyl sites for hydroxylation is 1. The SMILES string of the molecule is CCCC(NC)c1ccn(Cc2nnc(C)o2)c1. The number of nitrogens with zero attached hydrogens (tertiary/aromatic N) is 3. The smallest absolute Gasteiger partial charge is 0.236 e. The van der Waals surface area contributed by atoms with E-state index in [2.05, 4.69) is 45.5 Å². The van der Waals surface area contributed by atoms with Crippen LogP contribution >= 0.6 is 0 Å². The zero-order valence-corrected chi connectivity index (χ0v) is 11.2. The molecule has 0 radical (unpaired) electrons. The maximum Gasteiger partial charge on any atom is 0.236 e. The third-order valence-electron chi connectivity index (χ3n) is 2.99. The standard InChI is InChI=1S/C13H20N4O/c1-4-5-12(14-3)11-6-7-17(8-11)9-13-16-15-10(2)18-13/h6-8,12,14H,4-5,9H2,1-3H3. The van der Waals surface area contributed by atoms with Crippen LogP contribution in [0.15, 0.2) is 22.9 Å². The molecule has 2 aromatic rings. The molecule has 0 aliphatic rings. The van der Waals surface area contributed by atoms with Gasteiger partial charge in [0.25, 0.3) is 0 Å². The van der Waals surface area contributed by atoms with Crippen LogP contribution in [0, 0.1) is 6.92 Å². The van der Waals surface area contributed by atoms with Crippen molar-refractivity contribution < 1.29 is 4.42 Å². The van der Waals surface area contributed by atoms with E-state index in [0.29, 0.717) is 24.4 Å². The Labute approximate surface area is 107 Å². The summed E-state index contributed by atoms with van der Waals surface area (Å²) in [6.45, 7) is 4.63. The molecular formula is C13H20N4O. The Morgan fingerprint density at radius 1 is 1.44 bits per heavy atom. The molecule has 0 spiro atoms. The van der Waals surface area contributed by atoms with Crippen LogP contribution in [0.5, 0.6) is 0 Å². The highest BCUT2D eigenvalue weighted by Crippen LogP contribution is 2.18. The first kappa shape index (κ1) is 12.8. The maximum absolute atomic E-state index is 5.37. The molecule has 1 atom stereocenters. The lowest BCUT2D eigenvalue weighted by Gasteiger charge is -2.13. The summed E-state index contributed by atoms with van der Waals surface area (Å²) in [7, 11) is 2.00. The van der Waals surface area contributed by atoms with E-state index in [9.17, 15) is 0 Å². The van der Waals surface area contributed by atoms with E-state index in [1.165, 1.54) is 12.0 Å². The summed E-state index contributed by atoms with van der Waals surface area (Å²) >= 11 is 0. The van der Waals surface area contributed by atoms with E-state index in [0.717, 1.165) is 6.42 Å². The Morgan fingerprint density at radius 2 is 2.28 bits per heavy atom. The minimum atomic E-state index is 0.417. The topological polar surface area (TPSA) is 55.9 Å². The number of nitrogens with one attached hydrogen (secondary N) is 1. The van der Waals surface area contributed by atoms with Crippen molar-refractivity contribution in [2.45, 2.75) is 39.3 Å². The summed E-state index contributed by atoms with van der Waals surface area (Å²) < 4.78 is 7.44. The van der Waals surface area contributed by atoms with Gasteiger partial charge >= 0.3 is 0 Å². The van der Waals surface area contributed by atoms with Crippen LogP contribution in [-0.4, -0.2) is 21.8 Å². The van der Waals surface area contributed by atoms with Crippen LogP contribution in [0.25, 0.3) is 0 Å². The van der Waals surface area contributed by atoms with Gasteiger partial charge in [-0.3, -0.25) is 0 Å². The molecule has 0 aliphatic carbocycles. The molecule has 0 aromatic carbocycles. The molecule has 2 rings (SSSR count). The average Bonchev–Trinajstić information content (AvgIpc) is 2.96. The van der Waals surface area contributed by atoms with Gasteiger partial charge in [0.1, 0.15) is 6.54 Å². The minimum absolute atomic E-state index is 0.417. The van der Waals surface area contributed by atoms with Gasteiger partial charge in [0.05, 0.1) is 0 Å². The molecule has 5 heteroatoms. The van der Waals surface area contributed by atoms with Gasteiger partial charge in [-0.25, -0.2) is 0 Å². The van der Waals surface area contributed by atoms with Gasteiger partial charge in [0, 0.05) is 25.4 Å². The van der Waals surface area contributed by atoms with Gasteiger partial charge in [-0.2, -0.15) is 0 Å². The Kier molecular flexibility index (Phi) is 4.15. The normalized spacial score (nSPS) is 12.8. The molecule has 0 amide bonds. The molecule has 1 N–H and O–H groups in total. The van der Waals surface area contributed by atoms with E-state index >= 15 is 0 Å². The van der Waals surface area contributed by atoms with Crippen molar-refractivity contribution in [3.63, 3.8) is 0 Å². The molecule has 2 heterocycles. The maximum atomic E-state index is 5.37. The van der Waals surface area contributed by atoms with Gasteiger partial charge in [-0.15, -0.1) is 10.2 Å². The Hall–Kier alpha value is -1.62. The summed E-state index contributed by atoms with van der Waals surface area (Å²) in [6.07, 6.45) is 6.49. The number of aromatic nitrogens is 3. The molecule has 0 aliphatic heterocycles. The molecule has 18 heavy (non-hydrogen) atoms. The first-order chi connectivity index (χ1) is 8.72. The molecular weight excluding hydrogens is 228 g/mol. The van der Waals surface area contributed by atoms with Crippen molar-refractivity contribution in [1.82, 2.24) is 20.1 Å². The fourth-order valence-corrected chi connectivity index (χ4v) is 2.09. The van der Waals surface area contributed by atoms with E-state index < -0.39 is 0 Å². The molecule has 98 valence electrons. The second kappa shape index (κ2) is 5.82. The highest BCUT2D eigenvalue weighted by molar-refractivity contribution is 5.15. The first-order valence-electron chi connectivity index (χ1n) is 6.35. The van der Waals surface area contributed by atoms with Crippen molar-refractivity contribution in [3.8, 4) is 0 Å². The fourth-order valence-electron chi connectivity index (χ4n) is 2.09. The van der Waals surface area contributed by atoms with E-state index in [1.807, 2.05) is 7.05 Å². The van der Waals surface area contributed by atoms with E-state index in [1.54, 1.807) is 6.92 Å². The largest absolute Gasteiger partial charge is 0.424 e. The van der Waals surface area contributed by atoms with Crippen molar-refractivity contribution in [2.75, 3.05) is 7.05 Å². The predicted octanol–water partition coefficient (Wildman–Crippen LogP) is 2.29. The van der Waals surface area contributed by atoms with Crippen LogP contribution in [0.4, 0.5) is 0 Å². The lowest BCUT2D eigenvalue weighted by Crippen LogP contribution is -2.15. The molecule has 0 saturated heterocycles. The number of hydrogen-bond acceptors (Lipinski definition) is 4. The highest BCUT2D eigenvalue weighted by Gasteiger charge is 2.10. The predicted molar refractivity (Wildman–Crippen MR) is 69.3 cm³/mol. The van der Waals surface area contributed by atoms with E-state index in [4.69, 9.17) is 4.42 Å². The third-order valence-corrected chi connectivity index (χ3v) is 2.99. The number of hydrogen-bond donors (Lipinski definition) is 1. The van der Waals surface area contributed by atoms with Crippen LogP contribution in [0.3, 0.4) is 0 Å². The van der Waals surface area contributed by atoms with Crippen molar-refractivity contribution in [1.29, 1.82) is 0 Å². The highest BCUT2D eigenvalue weighted by atomic mass is 16.4. The minimum Gasteiger partial charge on any atom is -0.424 e. The second-order valence-corrected chi connectivity index (χ2v) is 4.46. The van der Waals surface area contributed by atoms with E-state index in [-0.39, 0.29) is 0 Å². The van der Waals surface area contributed by atoms with Gasteiger partial charge in [0.15, 0.2) is 0 Å². The molecule has 0 bridgehead atoms. The summed E-state index contributed by atoms with van der Waals surface area (Å²) in [5.74, 6) is 1.25. The van der Waals surface area contributed by atoms with Crippen LogP contribution in [-0.2, 0) is 6.54 Å². The summed E-state index contributed by atoms with van der Waals surface area (Å²) in [5.41, 5.74) is 1.30. The first-order valence-corrected chi connectivity index (χ1v) is 6.35. The zero-order valence-electron chi connectivity index (χ0n) is 11.2. The second-order valence-electron chi connectivity index (χ2n) is 4.46. The third kappa shape index (κ3) is 2.98. The lowest BCUT2D eigenvalue weighted by atomic mass is 10.1. The van der Waals surface area contributed by atoms with Crippen LogP contribution < -0.4 is 5.32 Å². The molecule has 0 saturated carbocycles. The van der Waals surface area contributed by atoms with Crippen molar-refractivity contribution in [2.24, 2.45) is 0 Å². The summed E-state index contributed by atoms with van der Waals surface area (Å²) in [6, 6.07) is 2.56. The Morgan fingerprint density at radius 3 is 2.89 bits per heavy atom.